The van der Waals surface area contributed by atoms with Gasteiger partial charge in [0.2, 0.25) is 5.82 Å². The Balaban J connectivity index is 1.44. The average molecular weight is 407 g/mol. The standard InChI is InChI=1S/C24H32N6/c1-20(2)17-23(24-25-26-27-30(24)19-22-11-7-4-8-12-22)29-15-13-28(14-16-29)18-21-9-5-3-6-10-21/h3-12,20,23H,13-19H2,1-2H3/p+2/t23-/m0/s1. The molecular formula is C24H34N6+2. The third-order valence-electron chi connectivity index (χ3n) is 6.14. The molecule has 1 aliphatic rings. The highest BCUT2D eigenvalue weighted by molar-refractivity contribution is 5.15. The quantitative estimate of drug-likeness (QED) is 0.582. The van der Waals surface area contributed by atoms with Crippen molar-refractivity contribution in [3.05, 3.63) is 77.6 Å². The number of aromatic nitrogens is 4. The number of piperazine rings is 1. The molecule has 1 atom stereocenters. The van der Waals surface area contributed by atoms with Gasteiger partial charge in [0.1, 0.15) is 32.7 Å². The van der Waals surface area contributed by atoms with Crippen LogP contribution < -0.4 is 9.80 Å². The summed E-state index contributed by atoms with van der Waals surface area (Å²) in [6, 6.07) is 21.7. The van der Waals surface area contributed by atoms with Crippen molar-refractivity contribution in [2.24, 2.45) is 5.92 Å². The van der Waals surface area contributed by atoms with E-state index in [2.05, 4.69) is 84.0 Å². The molecule has 0 bridgehead atoms. The van der Waals surface area contributed by atoms with Crippen molar-refractivity contribution in [3.8, 4) is 0 Å². The van der Waals surface area contributed by atoms with Gasteiger partial charge in [0.25, 0.3) is 0 Å². The summed E-state index contributed by atoms with van der Waals surface area (Å²) < 4.78 is 2.01. The van der Waals surface area contributed by atoms with Gasteiger partial charge in [-0.25, -0.2) is 4.68 Å². The van der Waals surface area contributed by atoms with Crippen LogP contribution in [0.3, 0.4) is 0 Å². The summed E-state index contributed by atoms with van der Waals surface area (Å²) in [5, 5.41) is 12.9. The molecule has 1 aromatic heterocycles. The fraction of sp³-hybridized carbons (Fsp3) is 0.458. The maximum absolute atomic E-state index is 4.50. The first-order valence-corrected chi connectivity index (χ1v) is 11.2. The van der Waals surface area contributed by atoms with Crippen LogP contribution in [-0.4, -0.2) is 46.4 Å². The number of nitrogens with one attached hydrogen (secondary N) is 2. The van der Waals surface area contributed by atoms with E-state index in [4.69, 9.17) is 0 Å². The van der Waals surface area contributed by atoms with E-state index in [9.17, 15) is 0 Å². The number of tetrazole rings is 1. The van der Waals surface area contributed by atoms with Crippen LogP contribution in [0.2, 0.25) is 0 Å². The highest BCUT2D eigenvalue weighted by atomic mass is 15.6. The number of hydrogen-bond acceptors (Lipinski definition) is 3. The van der Waals surface area contributed by atoms with Gasteiger partial charge in [0, 0.05) is 12.0 Å². The second-order valence-corrected chi connectivity index (χ2v) is 8.93. The van der Waals surface area contributed by atoms with Crippen LogP contribution in [-0.2, 0) is 13.1 Å². The third kappa shape index (κ3) is 5.32. The van der Waals surface area contributed by atoms with Crippen molar-refractivity contribution < 1.29 is 9.80 Å². The van der Waals surface area contributed by atoms with E-state index in [0.29, 0.717) is 12.0 Å². The molecule has 158 valence electrons. The number of nitrogens with zero attached hydrogens (tertiary/aromatic N) is 4. The zero-order valence-electron chi connectivity index (χ0n) is 18.2. The number of quaternary nitrogens is 2. The first-order chi connectivity index (χ1) is 14.7. The minimum Gasteiger partial charge on any atom is -0.322 e. The lowest BCUT2D eigenvalue weighted by atomic mass is 10.0. The predicted octanol–water partition coefficient (Wildman–Crippen LogP) is 0.792. The Bertz CT molecular complexity index is 884. The van der Waals surface area contributed by atoms with Crippen LogP contribution in [0, 0.1) is 5.92 Å². The molecule has 4 rings (SSSR count). The number of benzene rings is 2. The van der Waals surface area contributed by atoms with Gasteiger partial charge in [-0.15, -0.1) is 5.10 Å². The van der Waals surface area contributed by atoms with Gasteiger partial charge in [0.15, 0.2) is 6.04 Å². The highest BCUT2D eigenvalue weighted by Gasteiger charge is 2.34. The van der Waals surface area contributed by atoms with Gasteiger partial charge in [0.05, 0.1) is 6.54 Å². The Morgan fingerprint density at radius 2 is 1.50 bits per heavy atom. The topological polar surface area (TPSA) is 52.5 Å². The lowest BCUT2D eigenvalue weighted by Crippen LogP contribution is -3.27. The van der Waals surface area contributed by atoms with E-state index >= 15 is 0 Å². The Morgan fingerprint density at radius 1 is 0.867 bits per heavy atom. The van der Waals surface area contributed by atoms with Crippen molar-refractivity contribution >= 4 is 0 Å². The summed E-state index contributed by atoms with van der Waals surface area (Å²) in [5.41, 5.74) is 2.67. The summed E-state index contributed by atoms with van der Waals surface area (Å²) in [6.45, 7) is 11.2. The first kappa shape index (κ1) is 20.7. The molecule has 0 aliphatic carbocycles. The average Bonchev–Trinajstić information content (AvgIpc) is 3.22. The van der Waals surface area contributed by atoms with Crippen molar-refractivity contribution in [3.63, 3.8) is 0 Å². The Hall–Kier alpha value is -2.57. The summed E-state index contributed by atoms with van der Waals surface area (Å²) >= 11 is 0. The molecule has 6 nitrogen and oxygen atoms in total. The van der Waals surface area contributed by atoms with Crippen LogP contribution in [0.15, 0.2) is 60.7 Å². The minimum absolute atomic E-state index is 0.349. The van der Waals surface area contributed by atoms with Gasteiger partial charge < -0.3 is 9.80 Å². The summed E-state index contributed by atoms with van der Waals surface area (Å²) in [4.78, 5) is 3.31. The maximum Gasteiger partial charge on any atom is 0.209 e. The van der Waals surface area contributed by atoms with E-state index in [1.807, 2.05) is 10.7 Å². The van der Waals surface area contributed by atoms with E-state index in [1.165, 1.54) is 24.2 Å². The minimum atomic E-state index is 0.349. The Morgan fingerprint density at radius 3 is 2.13 bits per heavy atom. The van der Waals surface area contributed by atoms with E-state index in [1.54, 1.807) is 9.80 Å². The molecule has 2 aromatic carbocycles. The molecule has 2 heterocycles. The van der Waals surface area contributed by atoms with Gasteiger partial charge in [-0.05, 0) is 21.9 Å². The molecule has 0 amide bonds. The lowest BCUT2D eigenvalue weighted by Gasteiger charge is -2.34. The molecule has 0 saturated carbocycles. The third-order valence-corrected chi connectivity index (χ3v) is 6.14. The lowest BCUT2D eigenvalue weighted by molar-refractivity contribution is -1.03. The second kappa shape index (κ2) is 9.96. The smallest absolute Gasteiger partial charge is 0.209 e. The Labute approximate surface area is 179 Å². The summed E-state index contributed by atoms with van der Waals surface area (Å²) in [7, 11) is 0. The molecule has 0 radical (unpaired) electrons. The van der Waals surface area contributed by atoms with Gasteiger partial charge in [-0.3, -0.25) is 0 Å². The van der Waals surface area contributed by atoms with Crippen LogP contribution in [0.1, 0.15) is 43.3 Å². The molecule has 1 fully saturated rings. The summed E-state index contributed by atoms with van der Waals surface area (Å²) in [5.74, 6) is 1.65. The van der Waals surface area contributed by atoms with Crippen molar-refractivity contribution in [2.75, 3.05) is 26.2 Å². The van der Waals surface area contributed by atoms with E-state index in [-0.39, 0.29) is 0 Å². The van der Waals surface area contributed by atoms with Crippen molar-refractivity contribution in [2.45, 2.75) is 39.4 Å². The Kier molecular flexibility index (Phi) is 6.87. The predicted molar refractivity (Wildman–Crippen MR) is 117 cm³/mol. The molecular weight excluding hydrogens is 372 g/mol. The van der Waals surface area contributed by atoms with Gasteiger partial charge in [-0.1, -0.05) is 74.5 Å². The molecule has 1 aliphatic heterocycles. The number of rotatable bonds is 8. The van der Waals surface area contributed by atoms with Gasteiger partial charge >= 0.3 is 0 Å². The molecule has 1 saturated heterocycles. The van der Waals surface area contributed by atoms with Crippen LogP contribution in [0.5, 0.6) is 0 Å². The van der Waals surface area contributed by atoms with Crippen LogP contribution in [0.4, 0.5) is 0 Å². The van der Waals surface area contributed by atoms with Crippen LogP contribution in [0.25, 0.3) is 0 Å². The maximum atomic E-state index is 4.50. The van der Waals surface area contributed by atoms with E-state index in [0.717, 1.165) is 38.4 Å². The monoisotopic (exact) mass is 406 g/mol. The molecule has 3 aromatic rings. The second-order valence-electron chi connectivity index (χ2n) is 8.93. The first-order valence-electron chi connectivity index (χ1n) is 11.2. The molecule has 30 heavy (non-hydrogen) atoms. The number of hydrogen-bond donors (Lipinski definition) is 2. The van der Waals surface area contributed by atoms with Crippen molar-refractivity contribution in [1.82, 2.24) is 20.2 Å². The zero-order valence-corrected chi connectivity index (χ0v) is 18.2. The molecule has 0 unspecified atom stereocenters. The zero-order chi connectivity index (χ0) is 20.8. The molecule has 2 N–H and O–H groups in total. The fourth-order valence-electron chi connectivity index (χ4n) is 4.59. The van der Waals surface area contributed by atoms with Gasteiger partial charge in [-0.2, -0.15) is 0 Å². The highest BCUT2D eigenvalue weighted by Crippen LogP contribution is 2.17. The summed E-state index contributed by atoms with van der Waals surface area (Å²) in [6.07, 6.45) is 1.11. The van der Waals surface area contributed by atoms with E-state index < -0.39 is 0 Å². The fourth-order valence-corrected chi connectivity index (χ4v) is 4.59. The molecule has 0 spiro atoms. The van der Waals surface area contributed by atoms with Crippen LogP contribution >= 0.6 is 0 Å². The van der Waals surface area contributed by atoms with Crippen molar-refractivity contribution in [1.29, 1.82) is 0 Å². The molecule has 6 heteroatoms. The normalized spacial score (nSPS) is 20.4. The SMILES string of the molecule is CC(C)C[C@@H](c1nnnn1Cc1ccccc1)[NH+]1CC[NH+](Cc2ccccc2)CC1. The largest absolute Gasteiger partial charge is 0.322 e.